The normalized spacial score (nSPS) is 11.3. The van der Waals surface area contributed by atoms with E-state index >= 15 is 0 Å². The maximum atomic E-state index is 10.8. The van der Waals surface area contributed by atoms with Crippen LogP contribution in [-0.2, 0) is 0 Å². The third kappa shape index (κ3) is 7.13. The Kier molecular flexibility index (Phi) is 10.2. The number of benzene rings is 10. The summed E-state index contributed by atoms with van der Waals surface area (Å²) >= 11 is 0. The highest BCUT2D eigenvalue weighted by Gasteiger charge is 2.21. The van der Waals surface area contributed by atoms with E-state index in [2.05, 4.69) is 184 Å². The van der Waals surface area contributed by atoms with Crippen molar-refractivity contribution in [2.75, 3.05) is 0 Å². The molecule has 0 saturated carbocycles. The molecule has 0 bridgehead atoms. The van der Waals surface area contributed by atoms with Crippen LogP contribution in [0.3, 0.4) is 0 Å². The molecule has 0 unspecified atom stereocenters. The molecule has 0 atom stereocenters. The van der Waals surface area contributed by atoms with Gasteiger partial charge in [0, 0.05) is 71.6 Å². The number of rotatable bonds is 7. The Hall–Kier alpha value is -11.4. The van der Waals surface area contributed by atoms with Gasteiger partial charge in [0.25, 0.3) is 0 Å². The molecule has 10 aromatic carbocycles. The zero-order chi connectivity index (χ0) is 51.7. The van der Waals surface area contributed by atoms with E-state index in [0.717, 1.165) is 72.1 Å². The molecule has 0 spiro atoms. The molecule has 0 radical (unpaired) electrons. The fourth-order valence-corrected chi connectivity index (χ4v) is 11.3. The summed E-state index contributed by atoms with van der Waals surface area (Å²) < 4.78 is 7.01. The lowest BCUT2D eigenvalue weighted by molar-refractivity contribution is 1.16. The molecule has 354 valence electrons. The van der Waals surface area contributed by atoms with Gasteiger partial charge in [-0.1, -0.05) is 97.1 Å². The van der Waals surface area contributed by atoms with Gasteiger partial charge in [0.15, 0.2) is 5.82 Å². The first-order chi connectivity index (χ1) is 38.0. The van der Waals surface area contributed by atoms with E-state index in [1.807, 2.05) is 30.3 Å². The van der Waals surface area contributed by atoms with Crippen molar-refractivity contribution in [1.29, 1.82) is 21.0 Å². The van der Waals surface area contributed by atoms with Crippen LogP contribution < -0.4 is 0 Å². The second-order valence-electron chi connectivity index (χ2n) is 19.0. The standard InChI is InChI=1S/C68H37N9/c69-38-42-17-21-44(22-18-42)59-37-60(74-68(73-59)46-23-19-43(39-70)20-24-46)47-33-48(40-71)67(49(34-47)41-72)45-25-27-50(28-26-45)75-65-31-29-51(76-61-13-5-1-9-53(61)54-10-2-6-14-62(54)76)35-57(65)58-36-52(30-32-66(58)75)77-63-15-7-3-11-55(63)56-12-4-8-16-64(56)77/h1-37H. The molecule has 4 heterocycles. The van der Waals surface area contributed by atoms with Gasteiger partial charge in [-0.3, -0.25) is 0 Å². The predicted octanol–water partition coefficient (Wildman–Crippen LogP) is 15.9. The molecule has 77 heavy (non-hydrogen) atoms. The topological polar surface area (TPSA) is 136 Å². The summed E-state index contributed by atoms with van der Waals surface area (Å²) in [5.41, 5.74) is 15.6. The van der Waals surface area contributed by atoms with E-state index in [1.54, 1.807) is 48.5 Å². The van der Waals surface area contributed by atoms with Gasteiger partial charge in [-0.15, -0.1) is 0 Å². The smallest absolute Gasteiger partial charge is 0.160 e. The highest BCUT2D eigenvalue weighted by atomic mass is 15.0. The largest absolute Gasteiger partial charge is 0.309 e. The monoisotopic (exact) mass is 979 g/mol. The molecule has 0 aliphatic rings. The second kappa shape index (κ2) is 17.7. The third-order valence-electron chi connectivity index (χ3n) is 14.8. The van der Waals surface area contributed by atoms with Crippen LogP contribution in [0.15, 0.2) is 224 Å². The van der Waals surface area contributed by atoms with Gasteiger partial charge in [-0.05, 0) is 133 Å². The van der Waals surface area contributed by atoms with Crippen LogP contribution >= 0.6 is 0 Å². The number of para-hydroxylation sites is 4. The Morgan fingerprint density at radius 3 is 1.08 bits per heavy atom. The fraction of sp³-hybridized carbons (Fsp3) is 0. The Morgan fingerprint density at radius 2 is 0.649 bits per heavy atom. The summed E-state index contributed by atoms with van der Waals surface area (Å²) in [5, 5.41) is 47.6. The molecule has 9 nitrogen and oxygen atoms in total. The molecule has 0 saturated heterocycles. The van der Waals surface area contributed by atoms with Crippen molar-refractivity contribution in [2.24, 2.45) is 0 Å². The molecule has 4 aromatic heterocycles. The Balaban J connectivity index is 0.915. The third-order valence-corrected chi connectivity index (χ3v) is 14.8. The Morgan fingerprint density at radius 1 is 0.286 bits per heavy atom. The van der Waals surface area contributed by atoms with E-state index in [-0.39, 0.29) is 0 Å². The van der Waals surface area contributed by atoms with Gasteiger partial charge in [-0.2, -0.15) is 21.0 Å². The van der Waals surface area contributed by atoms with E-state index in [0.29, 0.717) is 56.2 Å². The predicted molar refractivity (Wildman–Crippen MR) is 306 cm³/mol. The SMILES string of the molecule is N#Cc1ccc(-c2cc(-c3cc(C#N)c(-c4ccc(-n5c6ccc(-n7c8ccccc8c8ccccc87)cc6c6cc(-n7c8ccccc8c8ccccc87)ccc65)cc4)c(C#N)c3)nc(-c3ccc(C#N)cc3)n2)cc1. The number of nitrogens with zero attached hydrogens (tertiary/aromatic N) is 9. The molecule has 9 heteroatoms. The van der Waals surface area contributed by atoms with Gasteiger partial charge in [0.1, 0.15) is 0 Å². The van der Waals surface area contributed by atoms with Crippen molar-refractivity contribution < 1.29 is 0 Å². The average molecular weight is 980 g/mol. The van der Waals surface area contributed by atoms with Gasteiger partial charge < -0.3 is 13.7 Å². The average Bonchev–Trinajstić information content (AvgIpc) is 4.26. The Bertz CT molecular complexity index is 4560. The Labute approximate surface area is 441 Å². The molecule has 0 N–H and O–H groups in total. The molecule has 0 amide bonds. The lowest BCUT2D eigenvalue weighted by Gasteiger charge is -2.14. The molecular formula is C68H37N9. The van der Waals surface area contributed by atoms with Crippen LogP contribution in [0.2, 0.25) is 0 Å². The van der Waals surface area contributed by atoms with Gasteiger partial charge in [0.2, 0.25) is 0 Å². The highest BCUT2D eigenvalue weighted by Crippen LogP contribution is 2.41. The molecule has 0 fully saturated rings. The van der Waals surface area contributed by atoms with Crippen molar-refractivity contribution in [1.82, 2.24) is 23.7 Å². The maximum Gasteiger partial charge on any atom is 0.160 e. The fourth-order valence-electron chi connectivity index (χ4n) is 11.3. The zero-order valence-corrected chi connectivity index (χ0v) is 40.9. The minimum Gasteiger partial charge on any atom is -0.309 e. The first kappa shape index (κ1) is 44.3. The van der Waals surface area contributed by atoms with Gasteiger partial charge >= 0.3 is 0 Å². The molecule has 0 aliphatic carbocycles. The van der Waals surface area contributed by atoms with Crippen molar-refractivity contribution >= 4 is 65.4 Å². The van der Waals surface area contributed by atoms with E-state index in [1.165, 1.54) is 21.5 Å². The van der Waals surface area contributed by atoms with E-state index in [4.69, 9.17) is 9.97 Å². The number of fused-ring (bicyclic) bond motifs is 9. The van der Waals surface area contributed by atoms with Gasteiger partial charge in [0.05, 0.1) is 91.0 Å². The van der Waals surface area contributed by atoms with Crippen molar-refractivity contribution in [2.45, 2.75) is 0 Å². The van der Waals surface area contributed by atoms with Crippen LogP contribution in [-0.4, -0.2) is 23.7 Å². The van der Waals surface area contributed by atoms with E-state index < -0.39 is 0 Å². The summed E-state index contributed by atoms with van der Waals surface area (Å²) in [5.74, 6) is 0.402. The first-order valence-corrected chi connectivity index (χ1v) is 25.0. The van der Waals surface area contributed by atoms with Crippen LogP contribution in [0.1, 0.15) is 22.3 Å². The van der Waals surface area contributed by atoms with Gasteiger partial charge in [-0.25, -0.2) is 9.97 Å². The minimum absolute atomic E-state index is 0.317. The zero-order valence-electron chi connectivity index (χ0n) is 40.9. The minimum atomic E-state index is 0.317. The number of hydrogen-bond donors (Lipinski definition) is 0. The quantitative estimate of drug-likeness (QED) is 0.156. The van der Waals surface area contributed by atoms with Crippen molar-refractivity contribution in [3.05, 3.63) is 247 Å². The lowest BCUT2D eigenvalue weighted by atomic mass is 9.92. The number of aromatic nitrogens is 5. The lowest BCUT2D eigenvalue weighted by Crippen LogP contribution is -1.99. The molecule has 14 rings (SSSR count). The number of hydrogen-bond acceptors (Lipinski definition) is 6. The molecule has 0 aliphatic heterocycles. The van der Waals surface area contributed by atoms with Crippen LogP contribution in [0.25, 0.3) is 128 Å². The molecular weight excluding hydrogens is 943 g/mol. The number of nitriles is 4. The summed E-state index contributed by atoms with van der Waals surface area (Å²) in [6, 6.07) is 84.5. The summed E-state index contributed by atoms with van der Waals surface area (Å²) in [7, 11) is 0. The van der Waals surface area contributed by atoms with Crippen LogP contribution in [0, 0.1) is 45.3 Å². The molecule has 14 aromatic rings. The van der Waals surface area contributed by atoms with Crippen LogP contribution in [0.5, 0.6) is 0 Å². The summed E-state index contributed by atoms with van der Waals surface area (Å²) in [6.07, 6.45) is 0. The van der Waals surface area contributed by atoms with Crippen molar-refractivity contribution in [3.63, 3.8) is 0 Å². The summed E-state index contributed by atoms with van der Waals surface area (Å²) in [6.45, 7) is 0. The highest BCUT2D eigenvalue weighted by molar-refractivity contribution is 6.14. The van der Waals surface area contributed by atoms with Crippen LogP contribution in [0.4, 0.5) is 0 Å². The first-order valence-electron chi connectivity index (χ1n) is 25.0. The summed E-state index contributed by atoms with van der Waals surface area (Å²) in [4.78, 5) is 9.85. The second-order valence-corrected chi connectivity index (χ2v) is 19.0. The van der Waals surface area contributed by atoms with Crippen molar-refractivity contribution in [3.8, 4) is 86.4 Å². The maximum absolute atomic E-state index is 10.8. The van der Waals surface area contributed by atoms with E-state index in [9.17, 15) is 21.0 Å².